The molecule has 0 saturated heterocycles. The van der Waals surface area contributed by atoms with Gasteiger partial charge in [0.25, 0.3) is 0 Å². The Labute approximate surface area is 112 Å². The second-order valence-corrected chi connectivity index (χ2v) is 5.17. The highest BCUT2D eigenvalue weighted by molar-refractivity contribution is 5.70. The Morgan fingerprint density at radius 1 is 1.32 bits per heavy atom. The fourth-order valence-electron chi connectivity index (χ4n) is 3.18. The van der Waals surface area contributed by atoms with E-state index in [-0.39, 0.29) is 0 Å². The van der Waals surface area contributed by atoms with Crippen LogP contribution >= 0.6 is 0 Å². The van der Waals surface area contributed by atoms with Gasteiger partial charge < -0.3 is 14.6 Å². The summed E-state index contributed by atoms with van der Waals surface area (Å²) >= 11 is 0. The maximum absolute atomic E-state index is 5.31. The smallest absolute Gasteiger partial charge is 0.123 e. The van der Waals surface area contributed by atoms with Gasteiger partial charge in [-0.15, -0.1) is 0 Å². The number of aromatic nitrogens is 2. The summed E-state index contributed by atoms with van der Waals surface area (Å²) in [6, 6.07) is 6.33. The number of benzene rings is 1. The molecular formula is C15H17N3O. The maximum Gasteiger partial charge on any atom is 0.123 e. The van der Waals surface area contributed by atoms with E-state index in [1.54, 1.807) is 7.11 Å². The molecule has 0 saturated carbocycles. The van der Waals surface area contributed by atoms with Crippen LogP contribution in [0.2, 0.25) is 0 Å². The molecule has 0 amide bonds. The van der Waals surface area contributed by atoms with Crippen LogP contribution in [0.1, 0.15) is 17.1 Å². The molecule has 4 heteroatoms. The SMILES string of the molecule is COc1ccc2c(c1)CCc1c-2nc2n1CCNC2. The lowest BCUT2D eigenvalue weighted by atomic mass is 9.92. The van der Waals surface area contributed by atoms with Gasteiger partial charge in [-0.1, -0.05) is 0 Å². The third kappa shape index (κ3) is 1.60. The Kier molecular flexibility index (Phi) is 2.38. The van der Waals surface area contributed by atoms with E-state index in [9.17, 15) is 0 Å². The number of nitrogens with zero attached hydrogens (tertiary/aromatic N) is 2. The van der Waals surface area contributed by atoms with E-state index < -0.39 is 0 Å². The monoisotopic (exact) mass is 255 g/mol. The first kappa shape index (κ1) is 11.1. The Morgan fingerprint density at radius 2 is 2.26 bits per heavy atom. The molecule has 1 aromatic heterocycles. The molecule has 2 heterocycles. The van der Waals surface area contributed by atoms with Crippen LogP contribution in [0.15, 0.2) is 18.2 Å². The lowest BCUT2D eigenvalue weighted by Gasteiger charge is -2.20. The van der Waals surface area contributed by atoms with Gasteiger partial charge in [0.1, 0.15) is 11.6 Å². The van der Waals surface area contributed by atoms with Crippen LogP contribution in [-0.2, 0) is 25.9 Å². The molecule has 0 spiro atoms. The Balaban J connectivity index is 1.88. The standard InChI is InChI=1S/C15H17N3O/c1-19-11-3-4-12-10(8-11)2-5-13-15(12)17-14-9-16-6-7-18(13)14/h3-4,8,16H,2,5-7,9H2,1H3. The molecule has 2 aliphatic rings. The van der Waals surface area contributed by atoms with Gasteiger partial charge in [-0.25, -0.2) is 4.98 Å². The Bertz CT molecular complexity index is 645. The zero-order valence-corrected chi connectivity index (χ0v) is 11.1. The second-order valence-electron chi connectivity index (χ2n) is 5.17. The third-order valence-electron chi connectivity index (χ3n) is 4.15. The largest absolute Gasteiger partial charge is 0.497 e. The van der Waals surface area contributed by atoms with E-state index in [1.807, 2.05) is 6.07 Å². The normalized spacial score (nSPS) is 16.5. The first-order valence-electron chi connectivity index (χ1n) is 6.83. The number of aryl methyl sites for hydroxylation is 1. The van der Waals surface area contributed by atoms with Gasteiger partial charge in [-0.3, -0.25) is 0 Å². The van der Waals surface area contributed by atoms with Crippen molar-refractivity contribution in [2.75, 3.05) is 13.7 Å². The first-order valence-corrected chi connectivity index (χ1v) is 6.83. The number of methoxy groups -OCH3 is 1. The average molecular weight is 255 g/mol. The van der Waals surface area contributed by atoms with Crippen LogP contribution < -0.4 is 10.1 Å². The summed E-state index contributed by atoms with van der Waals surface area (Å²) in [7, 11) is 1.72. The zero-order valence-electron chi connectivity index (χ0n) is 11.1. The van der Waals surface area contributed by atoms with Gasteiger partial charge in [-0.2, -0.15) is 0 Å². The van der Waals surface area contributed by atoms with E-state index in [0.717, 1.165) is 38.2 Å². The molecule has 0 fully saturated rings. The highest BCUT2D eigenvalue weighted by Gasteiger charge is 2.25. The predicted molar refractivity (Wildman–Crippen MR) is 73.3 cm³/mol. The fourth-order valence-corrected chi connectivity index (χ4v) is 3.18. The molecule has 1 aromatic carbocycles. The van der Waals surface area contributed by atoms with Gasteiger partial charge in [0.2, 0.25) is 0 Å². The molecule has 0 radical (unpaired) electrons. The number of rotatable bonds is 1. The molecule has 98 valence electrons. The van der Waals surface area contributed by atoms with Crippen LogP contribution in [0.25, 0.3) is 11.3 Å². The van der Waals surface area contributed by atoms with Crippen molar-refractivity contribution in [2.24, 2.45) is 0 Å². The summed E-state index contributed by atoms with van der Waals surface area (Å²) < 4.78 is 7.72. The van der Waals surface area contributed by atoms with Gasteiger partial charge in [0.15, 0.2) is 0 Å². The lowest BCUT2D eigenvalue weighted by Crippen LogP contribution is -2.29. The quantitative estimate of drug-likeness (QED) is 0.844. The number of nitrogens with one attached hydrogen (secondary N) is 1. The number of hydrogen-bond donors (Lipinski definition) is 1. The Morgan fingerprint density at radius 3 is 3.16 bits per heavy atom. The van der Waals surface area contributed by atoms with E-state index >= 15 is 0 Å². The van der Waals surface area contributed by atoms with Crippen LogP contribution in [0, 0.1) is 0 Å². The van der Waals surface area contributed by atoms with E-state index in [0.29, 0.717) is 0 Å². The van der Waals surface area contributed by atoms with Crippen molar-refractivity contribution in [1.82, 2.24) is 14.9 Å². The molecule has 4 nitrogen and oxygen atoms in total. The van der Waals surface area contributed by atoms with Crippen molar-refractivity contribution >= 4 is 0 Å². The van der Waals surface area contributed by atoms with Gasteiger partial charge in [0.05, 0.1) is 19.3 Å². The molecular weight excluding hydrogens is 238 g/mol. The molecule has 0 bridgehead atoms. The summed E-state index contributed by atoms with van der Waals surface area (Å²) in [5, 5.41) is 3.39. The minimum Gasteiger partial charge on any atom is -0.497 e. The van der Waals surface area contributed by atoms with Crippen LogP contribution in [0.4, 0.5) is 0 Å². The van der Waals surface area contributed by atoms with Gasteiger partial charge in [-0.05, 0) is 36.6 Å². The second kappa shape index (κ2) is 4.10. The maximum atomic E-state index is 5.31. The van der Waals surface area contributed by atoms with Gasteiger partial charge >= 0.3 is 0 Å². The van der Waals surface area contributed by atoms with Crippen molar-refractivity contribution in [1.29, 1.82) is 0 Å². The third-order valence-corrected chi connectivity index (χ3v) is 4.15. The highest BCUT2D eigenvalue weighted by Crippen LogP contribution is 2.35. The number of hydrogen-bond acceptors (Lipinski definition) is 3. The molecule has 0 atom stereocenters. The minimum atomic E-state index is 0.887. The summed E-state index contributed by atoms with van der Waals surface area (Å²) in [5.41, 5.74) is 5.23. The minimum absolute atomic E-state index is 0.887. The molecule has 1 aliphatic heterocycles. The first-order chi connectivity index (χ1) is 9.36. The number of fused-ring (bicyclic) bond motifs is 5. The fraction of sp³-hybridized carbons (Fsp3) is 0.400. The summed E-state index contributed by atoms with van der Waals surface area (Å²) in [6.07, 6.45) is 2.17. The summed E-state index contributed by atoms with van der Waals surface area (Å²) in [4.78, 5) is 4.85. The topological polar surface area (TPSA) is 39.1 Å². The van der Waals surface area contributed by atoms with Crippen LogP contribution in [-0.4, -0.2) is 23.2 Å². The average Bonchev–Trinajstić information content (AvgIpc) is 2.85. The van der Waals surface area contributed by atoms with E-state index in [4.69, 9.17) is 9.72 Å². The van der Waals surface area contributed by atoms with E-state index in [1.165, 1.54) is 28.3 Å². The Hall–Kier alpha value is -1.81. The molecule has 1 aliphatic carbocycles. The van der Waals surface area contributed by atoms with Crippen LogP contribution in [0.5, 0.6) is 5.75 Å². The van der Waals surface area contributed by atoms with Crippen molar-refractivity contribution in [3.05, 3.63) is 35.3 Å². The molecule has 4 rings (SSSR count). The predicted octanol–water partition coefficient (Wildman–Crippen LogP) is 1.76. The number of ether oxygens (including phenoxy) is 1. The summed E-state index contributed by atoms with van der Waals surface area (Å²) in [6.45, 7) is 2.98. The van der Waals surface area contributed by atoms with Crippen molar-refractivity contribution in [3.8, 4) is 17.0 Å². The lowest BCUT2D eigenvalue weighted by molar-refractivity contribution is 0.414. The van der Waals surface area contributed by atoms with Gasteiger partial charge in [0, 0.05) is 24.3 Å². The number of imidazole rings is 1. The van der Waals surface area contributed by atoms with Crippen molar-refractivity contribution in [2.45, 2.75) is 25.9 Å². The zero-order chi connectivity index (χ0) is 12.8. The molecule has 1 N–H and O–H groups in total. The van der Waals surface area contributed by atoms with Crippen molar-refractivity contribution in [3.63, 3.8) is 0 Å². The van der Waals surface area contributed by atoms with Crippen LogP contribution in [0.3, 0.4) is 0 Å². The molecule has 2 aromatic rings. The molecule has 0 unspecified atom stereocenters. The summed E-state index contributed by atoms with van der Waals surface area (Å²) in [5.74, 6) is 2.12. The highest BCUT2D eigenvalue weighted by atomic mass is 16.5. The van der Waals surface area contributed by atoms with E-state index in [2.05, 4.69) is 22.0 Å². The molecule has 19 heavy (non-hydrogen) atoms. The van der Waals surface area contributed by atoms with Crippen molar-refractivity contribution < 1.29 is 4.74 Å².